The molecule has 0 saturated heterocycles. The summed E-state index contributed by atoms with van der Waals surface area (Å²) in [6.45, 7) is 0.673. The van der Waals surface area contributed by atoms with E-state index in [9.17, 15) is 0 Å². The van der Waals surface area contributed by atoms with Crippen LogP contribution in [0.5, 0.6) is 0 Å². The molecule has 0 fully saturated rings. The van der Waals surface area contributed by atoms with Crippen molar-refractivity contribution < 1.29 is 4.52 Å². The van der Waals surface area contributed by atoms with Crippen LogP contribution in [-0.4, -0.2) is 26.7 Å². The van der Waals surface area contributed by atoms with Crippen LogP contribution in [0.15, 0.2) is 29.3 Å². The van der Waals surface area contributed by atoms with Crippen LogP contribution in [0.2, 0.25) is 0 Å². The summed E-state index contributed by atoms with van der Waals surface area (Å²) >= 11 is 0. The lowest BCUT2D eigenvalue weighted by molar-refractivity contribution is 0.379. The molecule has 2 aromatic heterocycles. The molecule has 6 heteroatoms. The summed E-state index contributed by atoms with van der Waals surface area (Å²) in [7, 11) is 0. The second-order valence-electron chi connectivity index (χ2n) is 2.58. The van der Waals surface area contributed by atoms with Crippen LogP contribution < -0.4 is 5.32 Å². The van der Waals surface area contributed by atoms with Crippen molar-refractivity contribution >= 4 is 5.95 Å². The van der Waals surface area contributed by atoms with Gasteiger partial charge >= 0.3 is 0 Å². The molecule has 0 spiro atoms. The topological polar surface area (TPSA) is 76.7 Å². The molecule has 72 valence electrons. The predicted octanol–water partition coefficient (Wildman–Crippen LogP) is 0.514. The fourth-order valence-electron chi connectivity index (χ4n) is 0.978. The van der Waals surface area contributed by atoms with Crippen molar-refractivity contribution in [2.75, 3.05) is 11.9 Å². The highest BCUT2D eigenvalue weighted by atomic mass is 16.5. The molecule has 14 heavy (non-hydrogen) atoms. The highest BCUT2D eigenvalue weighted by molar-refractivity contribution is 5.21. The smallest absolute Gasteiger partial charge is 0.228 e. The number of nitrogens with one attached hydrogen (secondary N) is 1. The predicted molar refractivity (Wildman–Crippen MR) is 48.5 cm³/mol. The van der Waals surface area contributed by atoms with Crippen LogP contribution in [0.1, 0.15) is 5.89 Å². The first kappa shape index (κ1) is 8.61. The van der Waals surface area contributed by atoms with Crippen LogP contribution in [0.25, 0.3) is 0 Å². The van der Waals surface area contributed by atoms with Crippen molar-refractivity contribution in [3.63, 3.8) is 0 Å². The Balaban J connectivity index is 1.79. The van der Waals surface area contributed by atoms with Gasteiger partial charge in [0.2, 0.25) is 11.8 Å². The monoisotopic (exact) mass is 191 g/mol. The number of aromatic nitrogens is 4. The number of hydrogen-bond donors (Lipinski definition) is 1. The summed E-state index contributed by atoms with van der Waals surface area (Å²) in [6, 6.07) is 1.77. The van der Waals surface area contributed by atoms with Gasteiger partial charge in [0, 0.05) is 25.4 Å². The van der Waals surface area contributed by atoms with E-state index in [0.29, 0.717) is 24.8 Å². The maximum absolute atomic E-state index is 4.83. The minimum atomic E-state index is 0.604. The van der Waals surface area contributed by atoms with Gasteiger partial charge in [-0.2, -0.15) is 4.98 Å². The van der Waals surface area contributed by atoms with E-state index in [1.807, 2.05) is 0 Å². The Morgan fingerprint density at radius 1 is 1.21 bits per heavy atom. The van der Waals surface area contributed by atoms with Crippen molar-refractivity contribution in [2.45, 2.75) is 6.42 Å². The zero-order chi connectivity index (χ0) is 9.64. The molecule has 0 aliphatic heterocycles. The molecule has 0 unspecified atom stereocenters. The summed E-state index contributed by atoms with van der Waals surface area (Å²) in [6.07, 6.45) is 5.41. The SMILES string of the molecule is c1cnc(NCCc2ncno2)nc1. The van der Waals surface area contributed by atoms with E-state index in [2.05, 4.69) is 25.4 Å². The van der Waals surface area contributed by atoms with Crippen LogP contribution in [0.3, 0.4) is 0 Å². The van der Waals surface area contributed by atoms with E-state index in [-0.39, 0.29) is 0 Å². The molecular formula is C8H9N5O. The molecule has 6 nitrogen and oxygen atoms in total. The van der Waals surface area contributed by atoms with E-state index >= 15 is 0 Å². The molecule has 2 rings (SSSR count). The second-order valence-corrected chi connectivity index (χ2v) is 2.58. The van der Waals surface area contributed by atoms with Gasteiger partial charge in [-0.15, -0.1) is 0 Å². The van der Waals surface area contributed by atoms with Crippen LogP contribution >= 0.6 is 0 Å². The maximum atomic E-state index is 4.83. The van der Waals surface area contributed by atoms with Gasteiger partial charge in [0.05, 0.1) is 0 Å². The quantitative estimate of drug-likeness (QED) is 0.758. The first-order valence-electron chi connectivity index (χ1n) is 4.21. The average molecular weight is 191 g/mol. The first-order valence-corrected chi connectivity index (χ1v) is 4.21. The highest BCUT2D eigenvalue weighted by Crippen LogP contribution is 1.96. The summed E-state index contributed by atoms with van der Waals surface area (Å²) in [5, 5.41) is 6.54. The van der Waals surface area contributed by atoms with Gasteiger partial charge in [-0.25, -0.2) is 9.97 Å². The molecule has 0 bridgehead atoms. The van der Waals surface area contributed by atoms with Gasteiger partial charge in [-0.05, 0) is 6.07 Å². The van der Waals surface area contributed by atoms with Gasteiger partial charge < -0.3 is 9.84 Å². The van der Waals surface area contributed by atoms with Crippen LogP contribution in [0.4, 0.5) is 5.95 Å². The fraction of sp³-hybridized carbons (Fsp3) is 0.250. The fourth-order valence-corrected chi connectivity index (χ4v) is 0.978. The molecule has 0 atom stereocenters. The largest absolute Gasteiger partial charge is 0.354 e. The minimum absolute atomic E-state index is 0.604. The summed E-state index contributed by atoms with van der Waals surface area (Å²) in [5.41, 5.74) is 0. The van der Waals surface area contributed by atoms with Crippen molar-refractivity contribution in [3.05, 3.63) is 30.7 Å². The molecule has 0 aliphatic carbocycles. The normalized spacial score (nSPS) is 10.0. The zero-order valence-electron chi connectivity index (χ0n) is 7.42. The molecule has 1 N–H and O–H groups in total. The van der Waals surface area contributed by atoms with Crippen molar-refractivity contribution in [3.8, 4) is 0 Å². The molecule has 0 saturated carbocycles. The number of nitrogens with zero attached hydrogens (tertiary/aromatic N) is 4. The van der Waals surface area contributed by atoms with Crippen molar-refractivity contribution in [1.29, 1.82) is 0 Å². The lowest BCUT2D eigenvalue weighted by Crippen LogP contribution is -2.07. The molecule has 0 amide bonds. The van der Waals surface area contributed by atoms with Crippen molar-refractivity contribution in [2.24, 2.45) is 0 Å². The molecule has 0 aliphatic rings. The minimum Gasteiger partial charge on any atom is -0.354 e. The first-order chi connectivity index (χ1) is 6.95. The lowest BCUT2D eigenvalue weighted by Gasteiger charge is -2.00. The Morgan fingerprint density at radius 2 is 2.07 bits per heavy atom. The Hall–Kier alpha value is -1.98. The van der Waals surface area contributed by atoms with Gasteiger partial charge in [-0.3, -0.25) is 0 Å². The molecular weight excluding hydrogens is 182 g/mol. The highest BCUT2D eigenvalue weighted by Gasteiger charge is 1.98. The molecule has 0 aromatic carbocycles. The van der Waals surface area contributed by atoms with Crippen molar-refractivity contribution in [1.82, 2.24) is 20.1 Å². The zero-order valence-corrected chi connectivity index (χ0v) is 7.42. The number of anilines is 1. The number of hydrogen-bond acceptors (Lipinski definition) is 6. The number of rotatable bonds is 4. The van der Waals surface area contributed by atoms with E-state index in [1.165, 1.54) is 6.33 Å². The molecule has 2 aromatic rings. The Bertz CT molecular complexity index is 360. The Labute approximate surface area is 80.4 Å². The summed E-state index contributed by atoms with van der Waals surface area (Å²) in [5.74, 6) is 1.21. The molecule has 0 radical (unpaired) electrons. The Kier molecular flexibility index (Phi) is 2.65. The molecule has 2 heterocycles. The third-order valence-corrected chi connectivity index (χ3v) is 1.59. The summed E-state index contributed by atoms with van der Waals surface area (Å²) in [4.78, 5) is 11.9. The summed E-state index contributed by atoms with van der Waals surface area (Å²) < 4.78 is 4.83. The van der Waals surface area contributed by atoms with Gasteiger partial charge in [-0.1, -0.05) is 5.16 Å². The second kappa shape index (κ2) is 4.31. The average Bonchev–Trinajstić information content (AvgIpc) is 2.72. The van der Waals surface area contributed by atoms with Crippen LogP contribution in [0, 0.1) is 0 Å². The van der Waals surface area contributed by atoms with E-state index < -0.39 is 0 Å². The van der Waals surface area contributed by atoms with Crippen LogP contribution in [-0.2, 0) is 6.42 Å². The lowest BCUT2D eigenvalue weighted by atomic mass is 10.4. The standard InChI is InChI=1S/C8H9N5O/c1-3-9-8(10-4-1)11-5-2-7-12-6-13-14-7/h1,3-4,6H,2,5H2,(H,9,10,11). The van der Waals surface area contributed by atoms with Gasteiger partial charge in [0.25, 0.3) is 0 Å². The third kappa shape index (κ3) is 2.25. The third-order valence-electron chi connectivity index (χ3n) is 1.59. The maximum Gasteiger partial charge on any atom is 0.228 e. The van der Waals surface area contributed by atoms with E-state index in [4.69, 9.17) is 4.52 Å². The van der Waals surface area contributed by atoms with E-state index in [1.54, 1.807) is 18.5 Å². The van der Waals surface area contributed by atoms with Gasteiger partial charge in [0.15, 0.2) is 6.33 Å². The van der Waals surface area contributed by atoms with Gasteiger partial charge in [0.1, 0.15) is 0 Å². The Morgan fingerprint density at radius 3 is 2.79 bits per heavy atom. The van der Waals surface area contributed by atoms with E-state index in [0.717, 1.165) is 0 Å².